The number of aromatic amines is 1. The molecule has 3 aliphatic heterocycles. The van der Waals surface area contributed by atoms with Crippen LogP contribution in [0.3, 0.4) is 0 Å². The summed E-state index contributed by atoms with van der Waals surface area (Å²) in [6.45, 7) is 4.91. The third kappa shape index (κ3) is 4.29. The van der Waals surface area contributed by atoms with E-state index in [-0.39, 0.29) is 18.4 Å². The average Bonchev–Trinajstić information content (AvgIpc) is 3.33. The van der Waals surface area contributed by atoms with Crippen molar-refractivity contribution in [2.24, 2.45) is 0 Å². The molecule has 9 nitrogen and oxygen atoms in total. The molecule has 6 rings (SSSR count). The lowest BCUT2D eigenvalue weighted by Crippen LogP contribution is -2.63. The third-order valence-electron chi connectivity index (χ3n) is 8.07. The Hall–Kier alpha value is -3.56. The number of piperazine rings is 1. The van der Waals surface area contributed by atoms with Crippen LogP contribution in [0.2, 0.25) is 0 Å². The predicted octanol–water partition coefficient (Wildman–Crippen LogP) is 2.59. The van der Waals surface area contributed by atoms with Crippen molar-refractivity contribution in [1.82, 2.24) is 19.7 Å². The summed E-state index contributed by atoms with van der Waals surface area (Å²) in [5.41, 5.74) is 3.93. The van der Waals surface area contributed by atoms with Gasteiger partial charge in [0.25, 0.3) is 0 Å². The van der Waals surface area contributed by atoms with Gasteiger partial charge in [-0.1, -0.05) is 24.3 Å². The van der Waals surface area contributed by atoms with Crippen LogP contribution in [-0.4, -0.2) is 97.7 Å². The highest BCUT2D eigenvalue weighted by Crippen LogP contribution is 2.44. The van der Waals surface area contributed by atoms with E-state index in [2.05, 4.69) is 16.0 Å². The predicted molar refractivity (Wildman–Crippen MR) is 142 cm³/mol. The minimum atomic E-state index is -0.551. The van der Waals surface area contributed by atoms with E-state index in [9.17, 15) is 9.59 Å². The molecule has 1 aromatic heterocycles. The number of H-pyrrole nitrogens is 1. The summed E-state index contributed by atoms with van der Waals surface area (Å²) in [5.74, 6) is 1.19. The minimum absolute atomic E-state index is 0.0213. The largest absolute Gasteiger partial charge is 0.493 e. The zero-order chi connectivity index (χ0) is 26.2. The zero-order valence-corrected chi connectivity index (χ0v) is 21.9. The highest BCUT2D eigenvalue weighted by Gasteiger charge is 2.48. The van der Waals surface area contributed by atoms with Gasteiger partial charge in [-0.15, -0.1) is 0 Å². The summed E-state index contributed by atoms with van der Waals surface area (Å²) >= 11 is 0. The Labute approximate surface area is 222 Å². The van der Waals surface area contributed by atoms with Crippen molar-refractivity contribution >= 4 is 22.7 Å². The van der Waals surface area contributed by atoms with Gasteiger partial charge in [0, 0.05) is 49.2 Å². The number of carbonyl (C=O) groups is 2. The van der Waals surface area contributed by atoms with Crippen molar-refractivity contribution < 1.29 is 23.8 Å². The number of aromatic nitrogens is 1. The van der Waals surface area contributed by atoms with Crippen molar-refractivity contribution in [3.63, 3.8) is 0 Å². The number of nitrogens with one attached hydrogen (secondary N) is 1. The molecule has 4 heterocycles. The smallest absolute Gasteiger partial charge is 0.246 e. The summed E-state index contributed by atoms with van der Waals surface area (Å²) in [5, 5.41) is 1.09. The maximum atomic E-state index is 13.9. The molecule has 2 fully saturated rings. The Balaban J connectivity index is 1.34. The molecule has 1 unspecified atom stereocenters. The number of morpholine rings is 1. The number of nitrogens with zero attached hydrogens (tertiary/aromatic N) is 3. The second kappa shape index (κ2) is 10.3. The van der Waals surface area contributed by atoms with Gasteiger partial charge in [-0.2, -0.15) is 0 Å². The van der Waals surface area contributed by atoms with Crippen LogP contribution in [0.25, 0.3) is 10.9 Å². The van der Waals surface area contributed by atoms with Gasteiger partial charge in [-0.3, -0.25) is 14.5 Å². The first kappa shape index (κ1) is 24.8. The normalized spacial score (nSPS) is 21.9. The molecule has 0 aliphatic carbocycles. The molecule has 3 aliphatic rings. The van der Waals surface area contributed by atoms with Crippen LogP contribution >= 0.6 is 0 Å². The molecule has 0 bridgehead atoms. The number of carbonyl (C=O) groups excluding carboxylic acids is 2. The van der Waals surface area contributed by atoms with Crippen LogP contribution in [0.4, 0.5) is 0 Å². The molecule has 0 spiro atoms. The van der Waals surface area contributed by atoms with Crippen molar-refractivity contribution in [2.75, 3.05) is 60.2 Å². The first-order chi connectivity index (χ1) is 18.6. The number of ether oxygens (including phenoxy) is 3. The molecule has 3 aromatic rings. The molecule has 2 saturated heterocycles. The van der Waals surface area contributed by atoms with Crippen molar-refractivity contribution in [3.05, 3.63) is 59.3 Å². The van der Waals surface area contributed by atoms with Crippen LogP contribution in [0.5, 0.6) is 11.5 Å². The number of hydrogen-bond acceptors (Lipinski definition) is 6. The topological polar surface area (TPSA) is 87.3 Å². The summed E-state index contributed by atoms with van der Waals surface area (Å²) in [7, 11) is 3.20. The molecular weight excluding hydrogens is 484 g/mol. The Kier molecular flexibility index (Phi) is 6.71. The van der Waals surface area contributed by atoms with Crippen molar-refractivity contribution in [2.45, 2.75) is 24.9 Å². The number of rotatable bonds is 7. The fourth-order valence-corrected chi connectivity index (χ4v) is 6.19. The van der Waals surface area contributed by atoms with Crippen molar-refractivity contribution in [3.8, 4) is 11.5 Å². The van der Waals surface area contributed by atoms with Gasteiger partial charge < -0.3 is 29.0 Å². The van der Waals surface area contributed by atoms with Gasteiger partial charge >= 0.3 is 0 Å². The third-order valence-corrected chi connectivity index (χ3v) is 8.07. The minimum Gasteiger partial charge on any atom is -0.493 e. The lowest BCUT2D eigenvalue weighted by atomic mass is 9.86. The van der Waals surface area contributed by atoms with E-state index in [1.165, 1.54) is 0 Å². The van der Waals surface area contributed by atoms with Crippen molar-refractivity contribution in [1.29, 1.82) is 0 Å². The van der Waals surface area contributed by atoms with Gasteiger partial charge in [-0.05, 0) is 35.7 Å². The van der Waals surface area contributed by atoms with Crippen LogP contribution in [-0.2, 0) is 20.7 Å². The Morgan fingerprint density at radius 1 is 1.00 bits per heavy atom. The number of methoxy groups -OCH3 is 2. The fraction of sp³-hybridized carbons (Fsp3) is 0.448. The molecule has 2 atom stereocenters. The van der Waals surface area contributed by atoms with Gasteiger partial charge in [0.1, 0.15) is 6.04 Å². The molecule has 200 valence electrons. The summed E-state index contributed by atoms with van der Waals surface area (Å²) < 4.78 is 16.5. The van der Waals surface area contributed by atoms with Crippen LogP contribution in [0.1, 0.15) is 29.3 Å². The number of hydrogen-bond donors (Lipinski definition) is 1. The van der Waals surface area contributed by atoms with E-state index >= 15 is 0 Å². The van der Waals surface area contributed by atoms with Gasteiger partial charge in [0.2, 0.25) is 11.8 Å². The Morgan fingerprint density at radius 3 is 2.58 bits per heavy atom. The average molecular weight is 519 g/mol. The SMILES string of the molecule is COc1ccc(C2c3[nH]c4ccccc4c3C[C@H]3C(=O)N(CCCN4CCOCC4)CC(=O)N23)cc1OC. The lowest BCUT2D eigenvalue weighted by molar-refractivity contribution is -0.158. The van der Waals surface area contributed by atoms with Crippen LogP contribution < -0.4 is 9.47 Å². The van der Waals surface area contributed by atoms with E-state index in [0.717, 1.165) is 67.0 Å². The quantitative estimate of drug-likeness (QED) is 0.518. The van der Waals surface area contributed by atoms with Gasteiger partial charge in [0.05, 0.1) is 40.0 Å². The van der Waals surface area contributed by atoms with E-state index in [1.54, 1.807) is 24.0 Å². The molecule has 0 radical (unpaired) electrons. The molecule has 0 saturated carbocycles. The fourth-order valence-electron chi connectivity index (χ4n) is 6.19. The standard InChI is InChI=1S/C29H34N4O5/c1-36-24-9-8-19(16-25(24)37-2)28-27-21(20-6-3-4-7-22(20)30-27)17-23-29(35)32(18-26(34)33(23)28)11-5-10-31-12-14-38-15-13-31/h3-4,6-9,16,23,28,30H,5,10-15,17-18H2,1-2H3/t23-,28?/m0/s1. The molecular formula is C29H34N4O5. The number of benzene rings is 2. The summed E-state index contributed by atoms with van der Waals surface area (Å²) in [6.07, 6.45) is 1.33. The Bertz CT molecular complexity index is 1350. The highest BCUT2D eigenvalue weighted by atomic mass is 16.5. The monoisotopic (exact) mass is 518 g/mol. The lowest BCUT2D eigenvalue weighted by Gasteiger charge is -2.47. The van der Waals surface area contributed by atoms with Crippen LogP contribution in [0, 0.1) is 0 Å². The van der Waals surface area contributed by atoms with E-state index in [4.69, 9.17) is 14.2 Å². The van der Waals surface area contributed by atoms with Gasteiger partial charge in [0.15, 0.2) is 11.5 Å². The van der Waals surface area contributed by atoms with E-state index in [0.29, 0.717) is 24.5 Å². The van der Waals surface area contributed by atoms with E-state index in [1.807, 2.05) is 36.4 Å². The van der Waals surface area contributed by atoms with Gasteiger partial charge in [-0.25, -0.2) is 0 Å². The molecule has 38 heavy (non-hydrogen) atoms. The highest BCUT2D eigenvalue weighted by molar-refractivity contribution is 5.97. The Morgan fingerprint density at radius 2 is 1.79 bits per heavy atom. The molecule has 2 aromatic carbocycles. The number of fused-ring (bicyclic) bond motifs is 4. The summed E-state index contributed by atoms with van der Waals surface area (Å²) in [4.78, 5) is 37.2. The number of amides is 2. The first-order valence-corrected chi connectivity index (χ1v) is 13.3. The maximum Gasteiger partial charge on any atom is 0.246 e. The summed E-state index contributed by atoms with van der Waals surface area (Å²) in [6, 6.07) is 12.9. The maximum absolute atomic E-state index is 13.9. The second-order valence-electron chi connectivity index (χ2n) is 10.2. The second-order valence-corrected chi connectivity index (χ2v) is 10.2. The first-order valence-electron chi connectivity index (χ1n) is 13.3. The van der Waals surface area contributed by atoms with E-state index < -0.39 is 12.1 Å². The number of para-hydroxylation sites is 1. The zero-order valence-electron chi connectivity index (χ0n) is 21.9. The molecule has 2 amide bonds. The molecule has 9 heteroatoms. The molecule has 1 N–H and O–H groups in total. The van der Waals surface area contributed by atoms with Crippen LogP contribution in [0.15, 0.2) is 42.5 Å².